The van der Waals surface area contributed by atoms with Gasteiger partial charge in [0.25, 0.3) is 0 Å². The molecular weight excluding hydrogens is 184 g/mol. The number of hydrogen-bond donors (Lipinski definition) is 1. The van der Waals surface area contributed by atoms with Crippen molar-refractivity contribution in [3.05, 3.63) is 0 Å². The van der Waals surface area contributed by atoms with Crippen LogP contribution >= 0.6 is 0 Å². The maximum absolute atomic E-state index is 3.28. The summed E-state index contributed by atoms with van der Waals surface area (Å²) in [6.07, 6.45) is 0. The SMILES string of the molecule is CCN(C)C(C)(C)C.CCNC(C)(C)C. The van der Waals surface area contributed by atoms with Crippen molar-refractivity contribution >= 4 is 0 Å². The van der Waals surface area contributed by atoms with Crippen LogP contribution in [0, 0.1) is 0 Å². The van der Waals surface area contributed by atoms with Crippen molar-refractivity contribution in [1.82, 2.24) is 10.2 Å². The molecule has 0 radical (unpaired) electrons. The molecule has 0 spiro atoms. The number of nitrogens with zero attached hydrogens (tertiary/aromatic N) is 1. The van der Waals surface area contributed by atoms with E-state index in [1.54, 1.807) is 0 Å². The van der Waals surface area contributed by atoms with E-state index in [4.69, 9.17) is 0 Å². The zero-order valence-corrected chi connectivity index (χ0v) is 12.4. The van der Waals surface area contributed by atoms with Gasteiger partial charge in [0, 0.05) is 11.1 Å². The summed E-state index contributed by atoms with van der Waals surface area (Å²) in [7, 11) is 2.14. The number of hydrogen-bond acceptors (Lipinski definition) is 2. The topological polar surface area (TPSA) is 15.3 Å². The summed E-state index contributed by atoms with van der Waals surface area (Å²) in [5.74, 6) is 0. The van der Waals surface area contributed by atoms with Crippen molar-refractivity contribution in [3.63, 3.8) is 0 Å². The van der Waals surface area contributed by atoms with Gasteiger partial charge < -0.3 is 10.2 Å². The number of nitrogens with one attached hydrogen (secondary N) is 1. The molecule has 15 heavy (non-hydrogen) atoms. The third-order valence-corrected chi connectivity index (χ3v) is 2.33. The van der Waals surface area contributed by atoms with E-state index in [0.29, 0.717) is 11.1 Å². The van der Waals surface area contributed by atoms with E-state index >= 15 is 0 Å². The van der Waals surface area contributed by atoms with E-state index < -0.39 is 0 Å². The van der Waals surface area contributed by atoms with Crippen molar-refractivity contribution in [2.45, 2.75) is 66.5 Å². The lowest BCUT2D eigenvalue weighted by Crippen LogP contribution is -2.37. The minimum Gasteiger partial charge on any atom is -0.312 e. The molecule has 0 saturated heterocycles. The van der Waals surface area contributed by atoms with Gasteiger partial charge in [-0.05, 0) is 61.7 Å². The Morgan fingerprint density at radius 3 is 1.33 bits per heavy atom. The Kier molecular flexibility index (Phi) is 8.35. The summed E-state index contributed by atoms with van der Waals surface area (Å²) >= 11 is 0. The predicted molar refractivity (Wildman–Crippen MR) is 71.5 cm³/mol. The monoisotopic (exact) mass is 216 g/mol. The van der Waals surface area contributed by atoms with E-state index in [9.17, 15) is 0 Å². The van der Waals surface area contributed by atoms with Crippen LogP contribution in [0.25, 0.3) is 0 Å². The molecule has 0 aromatic rings. The lowest BCUT2D eigenvalue weighted by Gasteiger charge is -2.30. The summed E-state index contributed by atoms with van der Waals surface area (Å²) in [5.41, 5.74) is 0.642. The van der Waals surface area contributed by atoms with Crippen LogP contribution in [0.4, 0.5) is 0 Å². The van der Waals surface area contributed by atoms with Crippen LogP contribution in [-0.4, -0.2) is 36.1 Å². The van der Waals surface area contributed by atoms with Gasteiger partial charge in [0.2, 0.25) is 0 Å². The first-order chi connectivity index (χ1) is 6.54. The zero-order chi connectivity index (χ0) is 12.7. The molecule has 0 aromatic heterocycles. The van der Waals surface area contributed by atoms with Crippen molar-refractivity contribution in [2.75, 3.05) is 20.1 Å². The Balaban J connectivity index is 0. The zero-order valence-electron chi connectivity index (χ0n) is 12.4. The largest absolute Gasteiger partial charge is 0.312 e. The Bertz CT molecular complexity index is 140. The van der Waals surface area contributed by atoms with Gasteiger partial charge in [-0.3, -0.25) is 0 Å². The van der Waals surface area contributed by atoms with Gasteiger partial charge in [0.15, 0.2) is 0 Å². The minimum absolute atomic E-state index is 0.300. The molecule has 94 valence electrons. The van der Waals surface area contributed by atoms with Crippen LogP contribution < -0.4 is 5.32 Å². The first kappa shape index (κ1) is 17.3. The summed E-state index contributed by atoms with van der Waals surface area (Å²) < 4.78 is 0. The molecule has 2 heteroatoms. The van der Waals surface area contributed by atoms with Gasteiger partial charge in [-0.2, -0.15) is 0 Å². The second-order valence-electron chi connectivity index (χ2n) is 5.97. The fourth-order valence-corrected chi connectivity index (χ4v) is 1.00. The molecule has 2 nitrogen and oxygen atoms in total. The molecule has 0 fully saturated rings. The molecule has 0 aliphatic carbocycles. The fraction of sp³-hybridized carbons (Fsp3) is 1.00. The van der Waals surface area contributed by atoms with E-state index in [-0.39, 0.29) is 0 Å². The number of rotatable bonds is 2. The van der Waals surface area contributed by atoms with Crippen LogP contribution in [0.2, 0.25) is 0 Å². The van der Waals surface area contributed by atoms with Crippen LogP contribution in [0.5, 0.6) is 0 Å². The van der Waals surface area contributed by atoms with Gasteiger partial charge in [-0.25, -0.2) is 0 Å². The van der Waals surface area contributed by atoms with Gasteiger partial charge in [-0.1, -0.05) is 13.8 Å². The Morgan fingerprint density at radius 2 is 1.33 bits per heavy atom. The third kappa shape index (κ3) is 13.9. The maximum Gasteiger partial charge on any atom is 0.0121 e. The average molecular weight is 216 g/mol. The molecule has 0 heterocycles. The van der Waals surface area contributed by atoms with Crippen LogP contribution in [0.1, 0.15) is 55.4 Å². The van der Waals surface area contributed by atoms with Gasteiger partial charge in [0.1, 0.15) is 0 Å². The lowest BCUT2D eigenvalue weighted by molar-refractivity contribution is 0.185. The molecule has 0 aliphatic rings. The van der Waals surface area contributed by atoms with Crippen LogP contribution in [0.3, 0.4) is 0 Å². The molecule has 0 saturated carbocycles. The fourth-order valence-electron chi connectivity index (χ4n) is 1.00. The Hall–Kier alpha value is -0.0800. The van der Waals surface area contributed by atoms with Crippen molar-refractivity contribution in [3.8, 4) is 0 Å². The highest BCUT2D eigenvalue weighted by Gasteiger charge is 2.13. The molecule has 1 N–H and O–H groups in total. The molecule has 0 rings (SSSR count). The molecule has 0 atom stereocenters. The summed E-state index contributed by atoms with van der Waals surface area (Å²) in [5, 5.41) is 3.28. The lowest BCUT2D eigenvalue weighted by atomic mass is 10.1. The van der Waals surface area contributed by atoms with Crippen molar-refractivity contribution in [1.29, 1.82) is 0 Å². The molecular formula is C13H32N2. The average Bonchev–Trinajstić information content (AvgIpc) is 2.00. The second kappa shape index (κ2) is 7.24. The summed E-state index contributed by atoms with van der Waals surface area (Å²) in [4.78, 5) is 2.31. The molecule has 0 amide bonds. The second-order valence-corrected chi connectivity index (χ2v) is 5.97. The van der Waals surface area contributed by atoms with E-state index in [2.05, 4.69) is 72.7 Å². The summed E-state index contributed by atoms with van der Waals surface area (Å²) in [6, 6.07) is 0. The van der Waals surface area contributed by atoms with Crippen molar-refractivity contribution < 1.29 is 0 Å². The van der Waals surface area contributed by atoms with Crippen LogP contribution in [-0.2, 0) is 0 Å². The maximum atomic E-state index is 3.28. The van der Waals surface area contributed by atoms with E-state index in [0.717, 1.165) is 13.1 Å². The quantitative estimate of drug-likeness (QED) is 0.763. The highest BCUT2D eigenvalue weighted by molar-refractivity contribution is 4.70. The van der Waals surface area contributed by atoms with Crippen molar-refractivity contribution in [2.24, 2.45) is 0 Å². The standard InChI is InChI=1S/C7H17N.C6H15N/c1-6-8(5)7(2,3)4;1-5-7-6(2,3)4/h6H2,1-5H3;7H,5H2,1-4H3. The first-order valence-corrected chi connectivity index (χ1v) is 6.00. The normalized spacial score (nSPS) is 12.4. The van der Waals surface area contributed by atoms with E-state index in [1.807, 2.05) is 0 Å². The smallest absolute Gasteiger partial charge is 0.0121 e. The van der Waals surface area contributed by atoms with Gasteiger partial charge in [-0.15, -0.1) is 0 Å². The predicted octanol–water partition coefficient (Wildman–Crippen LogP) is 3.13. The Labute approximate surface area is 97.4 Å². The minimum atomic E-state index is 0.300. The summed E-state index contributed by atoms with van der Waals surface area (Å²) in [6.45, 7) is 19.6. The highest BCUT2D eigenvalue weighted by Crippen LogP contribution is 2.08. The first-order valence-electron chi connectivity index (χ1n) is 6.00. The van der Waals surface area contributed by atoms with Gasteiger partial charge >= 0.3 is 0 Å². The highest BCUT2D eigenvalue weighted by atomic mass is 15.1. The van der Waals surface area contributed by atoms with Gasteiger partial charge in [0.05, 0.1) is 0 Å². The third-order valence-electron chi connectivity index (χ3n) is 2.33. The Morgan fingerprint density at radius 1 is 0.933 bits per heavy atom. The molecule has 0 aromatic carbocycles. The molecule has 0 bridgehead atoms. The molecule has 0 aliphatic heterocycles. The van der Waals surface area contributed by atoms with Crippen LogP contribution in [0.15, 0.2) is 0 Å². The van der Waals surface area contributed by atoms with E-state index in [1.165, 1.54) is 0 Å². The molecule has 0 unspecified atom stereocenters.